The summed E-state index contributed by atoms with van der Waals surface area (Å²) in [4.78, 5) is 14.0. The van der Waals surface area contributed by atoms with E-state index in [9.17, 15) is 4.79 Å². The van der Waals surface area contributed by atoms with Crippen LogP contribution in [0.5, 0.6) is 0 Å². The minimum atomic E-state index is 0.126. The van der Waals surface area contributed by atoms with Crippen LogP contribution in [-0.2, 0) is 11.3 Å². The first-order valence-electron chi connectivity index (χ1n) is 6.02. The van der Waals surface area contributed by atoms with Crippen LogP contribution < -0.4 is 5.73 Å². The highest BCUT2D eigenvalue weighted by atomic mass is 16.2. The molecule has 0 saturated carbocycles. The van der Waals surface area contributed by atoms with E-state index < -0.39 is 0 Å². The molecule has 2 N–H and O–H groups in total. The second kappa shape index (κ2) is 4.39. The van der Waals surface area contributed by atoms with Crippen molar-refractivity contribution in [3.05, 3.63) is 12.4 Å². The molecule has 1 amide bonds. The Labute approximate surface area is 102 Å². The van der Waals surface area contributed by atoms with Gasteiger partial charge >= 0.3 is 0 Å². The average molecular weight is 236 g/mol. The molecule has 0 aliphatic carbocycles. The molecule has 1 aliphatic rings. The maximum atomic E-state index is 12.1. The van der Waals surface area contributed by atoms with Crippen LogP contribution in [-0.4, -0.2) is 33.7 Å². The smallest absolute Gasteiger partial charge is 0.244 e. The first kappa shape index (κ1) is 12.0. The molecule has 0 aromatic carbocycles. The molecule has 17 heavy (non-hydrogen) atoms. The zero-order chi connectivity index (χ0) is 12.5. The van der Waals surface area contributed by atoms with Gasteiger partial charge in [0.05, 0.1) is 11.9 Å². The summed E-state index contributed by atoms with van der Waals surface area (Å²) in [7, 11) is 0. The molecule has 0 spiro atoms. The third-order valence-electron chi connectivity index (χ3n) is 3.20. The van der Waals surface area contributed by atoms with Crippen molar-refractivity contribution >= 4 is 11.6 Å². The van der Waals surface area contributed by atoms with E-state index in [1.807, 2.05) is 4.90 Å². The topological polar surface area (TPSA) is 64.2 Å². The predicted octanol–water partition coefficient (Wildman–Crippen LogP) is 1.11. The van der Waals surface area contributed by atoms with Crippen LogP contribution in [0.15, 0.2) is 12.4 Å². The Morgan fingerprint density at radius 3 is 2.94 bits per heavy atom. The molecule has 2 rings (SSSR count). The van der Waals surface area contributed by atoms with Gasteiger partial charge < -0.3 is 10.6 Å². The normalized spacial score (nSPS) is 19.3. The van der Waals surface area contributed by atoms with Crippen molar-refractivity contribution in [3.63, 3.8) is 0 Å². The zero-order valence-electron chi connectivity index (χ0n) is 10.5. The van der Waals surface area contributed by atoms with Gasteiger partial charge in [-0.05, 0) is 18.3 Å². The monoisotopic (exact) mass is 236 g/mol. The van der Waals surface area contributed by atoms with Gasteiger partial charge in [-0.2, -0.15) is 5.10 Å². The summed E-state index contributed by atoms with van der Waals surface area (Å²) in [5.41, 5.74) is 6.40. The Hall–Kier alpha value is -1.52. The number of hydrogen-bond donors (Lipinski definition) is 1. The van der Waals surface area contributed by atoms with E-state index in [0.29, 0.717) is 5.69 Å². The number of carbonyl (C=O) groups excluding carboxylic acids is 1. The molecule has 0 radical (unpaired) electrons. The van der Waals surface area contributed by atoms with E-state index in [4.69, 9.17) is 5.73 Å². The summed E-state index contributed by atoms with van der Waals surface area (Å²) in [6.45, 7) is 6.39. The highest BCUT2D eigenvalue weighted by Crippen LogP contribution is 2.28. The SMILES string of the molecule is CC1(C)CCCN(C(=O)Cn2cc(N)cn2)C1. The van der Waals surface area contributed by atoms with Crippen molar-refractivity contribution in [1.82, 2.24) is 14.7 Å². The molecule has 5 nitrogen and oxygen atoms in total. The molecule has 0 bridgehead atoms. The van der Waals surface area contributed by atoms with E-state index >= 15 is 0 Å². The minimum Gasteiger partial charge on any atom is -0.396 e. The standard InChI is InChI=1S/C12H20N4O/c1-12(2)4-3-5-15(9-12)11(17)8-16-7-10(13)6-14-16/h6-7H,3-5,8-9,13H2,1-2H3. The maximum absolute atomic E-state index is 12.1. The largest absolute Gasteiger partial charge is 0.396 e. The van der Waals surface area contributed by atoms with Crippen molar-refractivity contribution in [1.29, 1.82) is 0 Å². The van der Waals surface area contributed by atoms with Crippen LogP contribution in [0.25, 0.3) is 0 Å². The second-order valence-electron chi connectivity index (χ2n) is 5.55. The Kier molecular flexibility index (Phi) is 3.09. The van der Waals surface area contributed by atoms with Crippen LogP contribution in [0.4, 0.5) is 5.69 Å². The Morgan fingerprint density at radius 1 is 1.59 bits per heavy atom. The lowest BCUT2D eigenvalue weighted by Crippen LogP contribution is -2.44. The number of carbonyl (C=O) groups is 1. The van der Waals surface area contributed by atoms with Crippen LogP contribution in [0.1, 0.15) is 26.7 Å². The molecular formula is C12H20N4O. The van der Waals surface area contributed by atoms with Gasteiger partial charge in [0, 0.05) is 19.3 Å². The van der Waals surface area contributed by atoms with Gasteiger partial charge in [0.15, 0.2) is 0 Å². The third kappa shape index (κ3) is 2.99. The number of rotatable bonds is 2. The van der Waals surface area contributed by atoms with Gasteiger partial charge in [-0.25, -0.2) is 0 Å². The Balaban J connectivity index is 1.96. The first-order chi connectivity index (χ1) is 7.96. The molecule has 2 heterocycles. The quantitative estimate of drug-likeness (QED) is 0.836. The molecule has 1 saturated heterocycles. The summed E-state index contributed by atoms with van der Waals surface area (Å²) < 4.78 is 1.60. The summed E-state index contributed by atoms with van der Waals surface area (Å²) >= 11 is 0. The fourth-order valence-electron chi connectivity index (χ4n) is 2.34. The van der Waals surface area contributed by atoms with Crippen molar-refractivity contribution in [3.8, 4) is 0 Å². The molecule has 1 aliphatic heterocycles. The molecule has 94 valence electrons. The summed E-state index contributed by atoms with van der Waals surface area (Å²) in [6, 6.07) is 0. The maximum Gasteiger partial charge on any atom is 0.244 e. The zero-order valence-corrected chi connectivity index (χ0v) is 10.5. The first-order valence-corrected chi connectivity index (χ1v) is 6.02. The van der Waals surface area contributed by atoms with Crippen molar-refractivity contribution in [2.75, 3.05) is 18.8 Å². The number of hydrogen-bond acceptors (Lipinski definition) is 3. The van der Waals surface area contributed by atoms with Crippen LogP contribution in [0.2, 0.25) is 0 Å². The number of nitrogens with two attached hydrogens (primary N) is 1. The molecule has 0 unspecified atom stereocenters. The number of likely N-dealkylation sites (tertiary alicyclic amines) is 1. The molecule has 1 aromatic heterocycles. The minimum absolute atomic E-state index is 0.126. The van der Waals surface area contributed by atoms with Crippen LogP contribution >= 0.6 is 0 Å². The fraction of sp³-hybridized carbons (Fsp3) is 0.667. The molecule has 1 fully saturated rings. The van der Waals surface area contributed by atoms with Crippen molar-refractivity contribution < 1.29 is 4.79 Å². The lowest BCUT2D eigenvalue weighted by Gasteiger charge is -2.38. The van der Waals surface area contributed by atoms with Gasteiger partial charge in [-0.15, -0.1) is 0 Å². The predicted molar refractivity (Wildman–Crippen MR) is 66.2 cm³/mol. The van der Waals surface area contributed by atoms with E-state index in [1.54, 1.807) is 17.1 Å². The van der Waals surface area contributed by atoms with E-state index in [-0.39, 0.29) is 17.9 Å². The molecule has 5 heteroatoms. The van der Waals surface area contributed by atoms with Gasteiger partial charge in [0.1, 0.15) is 6.54 Å². The van der Waals surface area contributed by atoms with Crippen molar-refractivity contribution in [2.45, 2.75) is 33.2 Å². The number of nitrogens with zero attached hydrogens (tertiary/aromatic N) is 3. The van der Waals surface area contributed by atoms with E-state index in [0.717, 1.165) is 19.5 Å². The van der Waals surface area contributed by atoms with E-state index in [1.165, 1.54) is 6.42 Å². The number of piperidine rings is 1. The van der Waals surface area contributed by atoms with Crippen LogP contribution in [0.3, 0.4) is 0 Å². The van der Waals surface area contributed by atoms with Crippen molar-refractivity contribution in [2.24, 2.45) is 5.41 Å². The summed E-state index contributed by atoms with van der Waals surface area (Å²) in [5, 5.41) is 4.03. The van der Waals surface area contributed by atoms with Gasteiger partial charge in [0.2, 0.25) is 5.91 Å². The lowest BCUT2D eigenvalue weighted by atomic mass is 9.84. The van der Waals surface area contributed by atoms with Crippen LogP contribution in [0, 0.1) is 5.41 Å². The Bertz CT molecular complexity index is 410. The highest BCUT2D eigenvalue weighted by molar-refractivity contribution is 5.76. The second-order valence-corrected chi connectivity index (χ2v) is 5.55. The summed E-state index contributed by atoms with van der Waals surface area (Å²) in [5.74, 6) is 0.126. The number of nitrogen functional groups attached to an aromatic ring is 1. The Morgan fingerprint density at radius 2 is 2.35 bits per heavy atom. The molecular weight excluding hydrogens is 216 g/mol. The number of anilines is 1. The number of amides is 1. The van der Waals surface area contributed by atoms with E-state index in [2.05, 4.69) is 18.9 Å². The van der Waals surface area contributed by atoms with Gasteiger partial charge in [-0.3, -0.25) is 9.48 Å². The lowest BCUT2D eigenvalue weighted by molar-refractivity contribution is -0.135. The number of aromatic nitrogens is 2. The molecule has 1 aromatic rings. The average Bonchev–Trinajstić information content (AvgIpc) is 2.62. The summed E-state index contributed by atoms with van der Waals surface area (Å²) in [6.07, 6.45) is 5.52. The molecule has 0 atom stereocenters. The fourth-order valence-corrected chi connectivity index (χ4v) is 2.34. The van der Waals surface area contributed by atoms with Gasteiger partial charge in [0.25, 0.3) is 0 Å². The highest BCUT2D eigenvalue weighted by Gasteiger charge is 2.28. The van der Waals surface area contributed by atoms with Gasteiger partial charge in [-0.1, -0.05) is 13.8 Å². The third-order valence-corrected chi connectivity index (χ3v) is 3.20.